The second kappa shape index (κ2) is 9.55. The Kier molecular flexibility index (Phi) is 7.04. The van der Waals surface area contributed by atoms with Crippen LogP contribution >= 0.6 is 11.6 Å². The van der Waals surface area contributed by atoms with E-state index in [0.29, 0.717) is 64.1 Å². The van der Waals surface area contributed by atoms with Gasteiger partial charge >= 0.3 is 12.1 Å². The van der Waals surface area contributed by atoms with Crippen molar-refractivity contribution in [2.45, 2.75) is 58.7 Å². The topological polar surface area (TPSA) is 82.6 Å². The van der Waals surface area contributed by atoms with Gasteiger partial charge in [0.25, 0.3) is 0 Å². The van der Waals surface area contributed by atoms with Crippen LogP contribution in [0.15, 0.2) is 12.1 Å². The zero-order chi connectivity index (χ0) is 24.7. The maximum absolute atomic E-state index is 13.5. The molecule has 34 heavy (non-hydrogen) atoms. The summed E-state index contributed by atoms with van der Waals surface area (Å²) in [6, 6.07) is 3.76. The molecule has 0 saturated carbocycles. The Morgan fingerprint density at radius 1 is 1.18 bits per heavy atom. The van der Waals surface area contributed by atoms with Crippen LogP contribution in [-0.4, -0.2) is 89.6 Å². The van der Waals surface area contributed by atoms with Crippen molar-refractivity contribution in [3.63, 3.8) is 0 Å². The summed E-state index contributed by atoms with van der Waals surface area (Å²) in [4.78, 5) is 30.7. The number of carbonyl (C=O) groups is 2. The predicted octanol–water partition coefficient (Wildman–Crippen LogP) is 3.88. The summed E-state index contributed by atoms with van der Waals surface area (Å²) in [6.07, 6.45) is 0.464. The molecular formula is C25H36ClN3O5. The number of hydrogen-bond acceptors (Lipinski definition) is 4. The first-order chi connectivity index (χ1) is 16.0. The molecule has 0 aliphatic carbocycles. The highest BCUT2D eigenvalue weighted by Crippen LogP contribution is 2.36. The smallest absolute Gasteiger partial charge is 0.407 e. The van der Waals surface area contributed by atoms with Crippen LogP contribution < -0.4 is 0 Å². The molecule has 2 fully saturated rings. The first kappa shape index (κ1) is 25.1. The lowest BCUT2D eigenvalue weighted by Gasteiger charge is -2.45. The molecule has 2 saturated heterocycles. The van der Waals surface area contributed by atoms with E-state index < -0.39 is 6.09 Å². The van der Waals surface area contributed by atoms with Gasteiger partial charge in [-0.3, -0.25) is 0 Å². The third-order valence-corrected chi connectivity index (χ3v) is 7.69. The van der Waals surface area contributed by atoms with E-state index in [4.69, 9.17) is 21.1 Å². The molecule has 0 spiro atoms. The summed E-state index contributed by atoms with van der Waals surface area (Å²) in [5.41, 5.74) is 2.64. The van der Waals surface area contributed by atoms with Gasteiger partial charge in [0.05, 0.1) is 38.0 Å². The van der Waals surface area contributed by atoms with Crippen molar-refractivity contribution in [2.75, 3.05) is 46.1 Å². The fraction of sp³-hybridized carbons (Fsp3) is 0.680. The molecule has 9 heteroatoms. The minimum absolute atomic E-state index is 0.0387. The summed E-state index contributed by atoms with van der Waals surface area (Å²) in [5, 5.41) is 10.4. The molecule has 0 radical (unpaired) electrons. The number of amides is 3. The molecule has 1 atom stereocenters. The molecule has 3 amide bonds. The molecule has 1 aromatic rings. The number of hydrogen-bond donors (Lipinski definition) is 1. The van der Waals surface area contributed by atoms with Gasteiger partial charge in [-0.1, -0.05) is 25.4 Å². The van der Waals surface area contributed by atoms with Crippen LogP contribution in [0.25, 0.3) is 0 Å². The Labute approximate surface area is 206 Å². The quantitative estimate of drug-likeness (QED) is 0.691. The number of urea groups is 1. The minimum Gasteiger partial charge on any atom is -0.465 e. The van der Waals surface area contributed by atoms with Gasteiger partial charge in [0, 0.05) is 31.2 Å². The Bertz CT molecular complexity index is 951. The Balaban J connectivity index is 1.59. The number of halogens is 1. The number of nitrogens with zero attached hydrogens (tertiary/aromatic N) is 3. The summed E-state index contributed by atoms with van der Waals surface area (Å²) >= 11 is 6.50. The highest BCUT2D eigenvalue weighted by molar-refractivity contribution is 6.30. The first-order valence-corrected chi connectivity index (χ1v) is 12.4. The molecule has 0 aromatic heterocycles. The molecule has 0 bridgehead atoms. The average Bonchev–Trinajstić information content (AvgIpc) is 2.78. The molecule has 188 valence electrons. The van der Waals surface area contributed by atoms with E-state index in [1.54, 1.807) is 0 Å². The SMILES string of the molecule is CC(C)(Cc1cc(Cl)cc2c1CN(C(=O)N1CCOCC1(C)C)CC2)[C@@H]1COCCN1C(=O)O. The monoisotopic (exact) mass is 493 g/mol. The summed E-state index contributed by atoms with van der Waals surface area (Å²) in [7, 11) is 0. The van der Waals surface area contributed by atoms with Crippen molar-refractivity contribution >= 4 is 23.7 Å². The van der Waals surface area contributed by atoms with Crippen LogP contribution in [0.5, 0.6) is 0 Å². The maximum atomic E-state index is 13.5. The third kappa shape index (κ3) is 4.99. The van der Waals surface area contributed by atoms with E-state index in [1.807, 2.05) is 35.8 Å². The molecule has 1 N–H and O–H groups in total. The molecule has 4 rings (SSSR count). The van der Waals surface area contributed by atoms with E-state index in [1.165, 1.54) is 10.5 Å². The number of fused-ring (bicyclic) bond motifs is 1. The maximum Gasteiger partial charge on any atom is 0.407 e. The summed E-state index contributed by atoms with van der Waals surface area (Å²) in [5.74, 6) is 0. The van der Waals surface area contributed by atoms with E-state index in [2.05, 4.69) is 13.8 Å². The molecular weight excluding hydrogens is 458 g/mol. The van der Waals surface area contributed by atoms with Crippen LogP contribution in [-0.2, 0) is 28.9 Å². The van der Waals surface area contributed by atoms with E-state index in [9.17, 15) is 14.7 Å². The second-order valence-electron chi connectivity index (χ2n) is 10.9. The molecule has 3 aliphatic heterocycles. The van der Waals surface area contributed by atoms with Gasteiger partial charge in [-0.05, 0) is 60.9 Å². The van der Waals surface area contributed by atoms with Gasteiger partial charge in [-0.15, -0.1) is 0 Å². The van der Waals surface area contributed by atoms with Gasteiger partial charge in [-0.2, -0.15) is 0 Å². The van der Waals surface area contributed by atoms with Crippen LogP contribution in [0.4, 0.5) is 9.59 Å². The van der Waals surface area contributed by atoms with E-state index in [0.717, 1.165) is 17.5 Å². The Morgan fingerprint density at radius 2 is 1.91 bits per heavy atom. The van der Waals surface area contributed by atoms with Gasteiger partial charge in [-0.25, -0.2) is 9.59 Å². The molecule has 8 nitrogen and oxygen atoms in total. The fourth-order valence-electron chi connectivity index (χ4n) is 5.50. The van der Waals surface area contributed by atoms with Crippen LogP contribution in [0.3, 0.4) is 0 Å². The standard InChI is InChI=1S/C25H36ClN3O5/c1-24(2,21-15-33-9-7-28(21)23(31)32)13-18-12-19(26)11-17-5-6-27(14-20(17)18)22(30)29-8-10-34-16-25(29,3)4/h11-12,21H,5-10,13-16H2,1-4H3,(H,31,32)/t21-/m0/s1. The summed E-state index contributed by atoms with van der Waals surface area (Å²) in [6.45, 7) is 12.2. The number of ether oxygens (including phenoxy) is 2. The Hall–Kier alpha value is -2.03. The van der Waals surface area contributed by atoms with Crippen molar-refractivity contribution in [3.8, 4) is 0 Å². The largest absolute Gasteiger partial charge is 0.465 e. The number of morpholine rings is 2. The van der Waals surface area contributed by atoms with Crippen molar-refractivity contribution in [3.05, 3.63) is 33.8 Å². The van der Waals surface area contributed by atoms with Crippen LogP contribution in [0.2, 0.25) is 5.02 Å². The fourth-order valence-corrected chi connectivity index (χ4v) is 5.76. The van der Waals surface area contributed by atoms with E-state index >= 15 is 0 Å². The predicted molar refractivity (Wildman–Crippen MR) is 129 cm³/mol. The second-order valence-corrected chi connectivity index (χ2v) is 11.3. The van der Waals surface area contributed by atoms with Crippen molar-refractivity contribution in [1.29, 1.82) is 0 Å². The van der Waals surface area contributed by atoms with Crippen molar-refractivity contribution in [1.82, 2.24) is 14.7 Å². The number of rotatable bonds is 3. The van der Waals surface area contributed by atoms with Gasteiger partial charge in [0.15, 0.2) is 0 Å². The highest BCUT2D eigenvalue weighted by atomic mass is 35.5. The van der Waals surface area contributed by atoms with Crippen molar-refractivity contribution in [2.24, 2.45) is 5.41 Å². The molecule has 3 heterocycles. The molecule has 1 aromatic carbocycles. The lowest BCUT2D eigenvalue weighted by Crippen LogP contribution is -2.59. The lowest BCUT2D eigenvalue weighted by atomic mass is 9.76. The van der Waals surface area contributed by atoms with Gasteiger partial charge in [0.1, 0.15) is 0 Å². The zero-order valence-corrected chi connectivity index (χ0v) is 21.4. The average molecular weight is 494 g/mol. The van der Waals surface area contributed by atoms with Crippen molar-refractivity contribution < 1.29 is 24.2 Å². The van der Waals surface area contributed by atoms with Gasteiger partial charge < -0.3 is 29.3 Å². The van der Waals surface area contributed by atoms with Crippen LogP contribution in [0.1, 0.15) is 44.4 Å². The number of carboxylic acid groups (broad SMARTS) is 1. The van der Waals surface area contributed by atoms with E-state index in [-0.39, 0.29) is 23.0 Å². The first-order valence-electron chi connectivity index (χ1n) is 12.0. The molecule has 0 unspecified atom stereocenters. The highest BCUT2D eigenvalue weighted by Gasteiger charge is 2.41. The zero-order valence-electron chi connectivity index (χ0n) is 20.6. The minimum atomic E-state index is -0.917. The van der Waals surface area contributed by atoms with Gasteiger partial charge in [0.2, 0.25) is 0 Å². The third-order valence-electron chi connectivity index (χ3n) is 7.47. The molecule has 3 aliphatic rings. The lowest BCUT2D eigenvalue weighted by molar-refractivity contribution is -0.0421. The normalized spacial score (nSPS) is 23.0. The van der Waals surface area contributed by atoms with Crippen LogP contribution in [0, 0.1) is 5.41 Å². The number of carbonyl (C=O) groups excluding carboxylic acids is 1. The summed E-state index contributed by atoms with van der Waals surface area (Å²) < 4.78 is 11.3. The Morgan fingerprint density at radius 3 is 2.62 bits per heavy atom. The number of benzene rings is 1.